The summed E-state index contributed by atoms with van der Waals surface area (Å²) in [6.07, 6.45) is 4.14. The first-order chi connectivity index (χ1) is 10.1. The third-order valence-corrected chi connectivity index (χ3v) is 3.09. The van der Waals surface area contributed by atoms with E-state index in [1.54, 1.807) is 12.4 Å². The van der Waals surface area contributed by atoms with Crippen LogP contribution in [0.3, 0.4) is 0 Å². The topological polar surface area (TPSA) is 76.9 Å². The highest BCUT2D eigenvalue weighted by Crippen LogP contribution is 2.10. The number of carbonyl (C=O) groups excluding carboxylic acids is 1. The zero-order chi connectivity index (χ0) is 15.2. The molecule has 21 heavy (non-hydrogen) atoms. The maximum atomic E-state index is 12.2. The van der Waals surface area contributed by atoms with Crippen molar-refractivity contribution >= 4 is 5.91 Å². The summed E-state index contributed by atoms with van der Waals surface area (Å²) in [7, 11) is 0. The fraction of sp³-hybridized carbons (Fsp3) is 0.333. The molecule has 2 heterocycles. The molecular formula is C15H18N4O2. The zero-order valence-corrected chi connectivity index (χ0v) is 12.1. The van der Waals surface area contributed by atoms with Crippen LogP contribution in [0.5, 0.6) is 0 Å². The highest BCUT2D eigenvalue weighted by molar-refractivity contribution is 5.92. The first kappa shape index (κ1) is 14.9. The monoisotopic (exact) mass is 286 g/mol. The molecule has 0 spiro atoms. The van der Waals surface area contributed by atoms with E-state index in [-0.39, 0.29) is 23.2 Å². The number of hydrogen-bond acceptors (Lipinski definition) is 4. The molecule has 0 bridgehead atoms. The molecule has 0 saturated carbocycles. The third kappa shape index (κ3) is 3.75. The molecule has 0 aromatic carbocycles. The summed E-state index contributed by atoms with van der Waals surface area (Å²) in [6.45, 7) is 4.33. The number of nitrogens with one attached hydrogen (secondary N) is 1. The Labute approximate surface area is 122 Å². The standard InChI is InChI=1S/C15H18N4O2/c1-3-10-19-14(20)5-4-13(18-19)15(21)17-11(2)12-6-8-16-9-7-12/h4-9,11H,3,10H2,1-2H3,(H,17,21). The van der Waals surface area contributed by atoms with Crippen molar-refractivity contribution in [2.75, 3.05) is 0 Å². The molecule has 1 amide bonds. The second-order valence-corrected chi connectivity index (χ2v) is 4.76. The molecular weight excluding hydrogens is 268 g/mol. The van der Waals surface area contributed by atoms with Gasteiger partial charge in [-0.2, -0.15) is 5.10 Å². The number of aromatic nitrogens is 3. The minimum atomic E-state index is -0.302. The van der Waals surface area contributed by atoms with Gasteiger partial charge in [-0.05, 0) is 37.1 Å². The molecule has 110 valence electrons. The minimum absolute atomic E-state index is 0.158. The predicted molar refractivity (Wildman–Crippen MR) is 78.9 cm³/mol. The van der Waals surface area contributed by atoms with Gasteiger partial charge in [-0.1, -0.05) is 6.92 Å². The summed E-state index contributed by atoms with van der Waals surface area (Å²) in [6, 6.07) is 6.35. The highest BCUT2D eigenvalue weighted by atomic mass is 16.2. The van der Waals surface area contributed by atoms with Gasteiger partial charge in [0.05, 0.1) is 6.04 Å². The first-order valence-corrected chi connectivity index (χ1v) is 6.90. The number of rotatable bonds is 5. The lowest BCUT2D eigenvalue weighted by molar-refractivity contribution is 0.0932. The molecule has 1 unspecified atom stereocenters. The Kier molecular flexibility index (Phi) is 4.81. The van der Waals surface area contributed by atoms with E-state index in [4.69, 9.17) is 0 Å². The SMILES string of the molecule is CCCn1nc(C(=O)NC(C)c2ccncc2)ccc1=O. The van der Waals surface area contributed by atoms with Crippen LogP contribution in [0.4, 0.5) is 0 Å². The van der Waals surface area contributed by atoms with Crippen molar-refractivity contribution in [1.29, 1.82) is 0 Å². The number of pyridine rings is 1. The van der Waals surface area contributed by atoms with Crippen molar-refractivity contribution in [3.8, 4) is 0 Å². The van der Waals surface area contributed by atoms with Gasteiger partial charge in [0.1, 0.15) is 5.69 Å². The number of carbonyl (C=O) groups is 1. The van der Waals surface area contributed by atoms with E-state index in [9.17, 15) is 9.59 Å². The van der Waals surface area contributed by atoms with Gasteiger partial charge in [0, 0.05) is 25.0 Å². The molecule has 2 rings (SSSR count). The van der Waals surface area contributed by atoms with E-state index >= 15 is 0 Å². The van der Waals surface area contributed by atoms with Crippen molar-refractivity contribution in [3.63, 3.8) is 0 Å². The molecule has 6 nitrogen and oxygen atoms in total. The summed E-state index contributed by atoms with van der Waals surface area (Å²) < 4.78 is 1.31. The molecule has 1 atom stereocenters. The van der Waals surface area contributed by atoms with Crippen LogP contribution in [0.1, 0.15) is 42.4 Å². The Bertz CT molecular complexity index is 667. The van der Waals surface area contributed by atoms with Crippen LogP contribution < -0.4 is 10.9 Å². The molecule has 2 aromatic rings. The van der Waals surface area contributed by atoms with Crippen molar-refractivity contribution < 1.29 is 4.79 Å². The van der Waals surface area contributed by atoms with Gasteiger partial charge in [-0.15, -0.1) is 0 Å². The first-order valence-electron chi connectivity index (χ1n) is 6.90. The molecule has 1 N–H and O–H groups in total. The summed E-state index contributed by atoms with van der Waals surface area (Å²) in [5.41, 5.74) is 1.000. The zero-order valence-electron chi connectivity index (χ0n) is 12.1. The Morgan fingerprint density at radius 2 is 2.00 bits per heavy atom. The van der Waals surface area contributed by atoms with E-state index in [1.807, 2.05) is 26.0 Å². The van der Waals surface area contributed by atoms with Gasteiger partial charge in [-0.3, -0.25) is 14.6 Å². The van der Waals surface area contributed by atoms with Crippen LogP contribution in [0, 0.1) is 0 Å². The average Bonchev–Trinajstić information content (AvgIpc) is 2.50. The van der Waals surface area contributed by atoms with Gasteiger partial charge in [-0.25, -0.2) is 4.68 Å². The van der Waals surface area contributed by atoms with Gasteiger partial charge >= 0.3 is 0 Å². The molecule has 0 fully saturated rings. The van der Waals surface area contributed by atoms with Crippen molar-refractivity contribution in [2.45, 2.75) is 32.9 Å². The van der Waals surface area contributed by atoms with Crippen LogP contribution in [-0.2, 0) is 6.54 Å². The van der Waals surface area contributed by atoms with Crippen molar-refractivity contribution in [3.05, 3.63) is 58.3 Å². The number of hydrogen-bond donors (Lipinski definition) is 1. The third-order valence-electron chi connectivity index (χ3n) is 3.09. The maximum absolute atomic E-state index is 12.2. The number of amides is 1. The summed E-state index contributed by atoms with van der Waals surface area (Å²) in [4.78, 5) is 27.7. The predicted octanol–water partition coefficient (Wildman–Crippen LogP) is 1.54. The van der Waals surface area contributed by atoms with Crippen LogP contribution in [0.15, 0.2) is 41.5 Å². The normalized spacial score (nSPS) is 11.9. The smallest absolute Gasteiger partial charge is 0.272 e. The summed E-state index contributed by atoms with van der Waals surface area (Å²) in [5.74, 6) is -0.302. The van der Waals surface area contributed by atoms with Crippen molar-refractivity contribution in [1.82, 2.24) is 20.1 Å². The average molecular weight is 286 g/mol. The van der Waals surface area contributed by atoms with E-state index < -0.39 is 0 Å². The molecule has 0 aliphatic heterocycles. The quantitative estimate of drug-likeness (QED) is 0.904. The molecule has 0 aliphatic carbocycles. The molecule has 0 saturated heterocycles. The second-order valence-electron chi connectivity index (χ2n) is 4.76. The van der Waals surface area contributed by atoms with Gasteiger partial charge in [0.15, 0.2) is 0 Å². The van der Waals surface area contributed by atoms with E-state index in [2.05, 4.69) is 15.4 Å². The van der Waals surface area contributed by atoms with Crippen LogP contribution in [0.25, 0.3) is 0 Å². The Morgan fingerprint density at radius 1 is 1.29 bits per heavy atom. The fourth-order valence-corrected chi connectivity index (χ4v) is 1.95. The Morgan fingerprint density at radius 3 is 2.67 bits per heavy atom. The summed E-state index contributed by atoms with van der Waals surface area (Å²) in [5, 5.41) is 6.95. The summed E-state index contributed by atoms with van der Waals surface area (Å²) >= 11 is 0. The molecule has 0 radical (unpaired) electrons. The fourth-order valence-electron chi connectivity index (χ4n) is 1.95. The van der Waals surface area contributed by atoms with Crippen LogP contribution >= 0.6 is 0 Å². The highest BCUT2D eigenvalue weighted by Gasteiger charge is 2.13. The van der Waals surface area contributed by atoms with Crippen LogP contribution in [0.2, 0.25) is 0 Å². The van der Waals surface area contributed by atoms with E-state index in [0.717, 1.165) is 12.0 Å². The largest absolute Gasteiger partial charge is 0.344 e. The molecule has 6 heteroatoms. The maximum Gasteiger partial charge on any atom is 0.272 e. The second kappa shape index (κ2) is 6.78. The minimum Gasteiger partial charge on any atom is -0.344 e. The van der Waals surface area contributed by atoms with Gasteiger partial charge < -0.3 is 5.32 Å². The molecule has 2 aromatic heterocycles. The number of nitrogens with zero attached hydrogens (tertiary/aromatic N) is 3. The lowest BCUT2D eigenvalue weighted by Crippen LogP contribution is -2.31. The van der Waals surface area contributed by atoms with Crippen molar-refractivity contribution in [2.24, 2.45) is 0 Å². The molecule has 0 aliphatic rings. The van der Waals surface area contributed by atoms with E-state index in [0.29, 0.717) is 6.54 Å². The van der Waals surface area contributed by atoms with Crippen LogP contribution in [-0.4, -0.2) is 20.7 Å². The van der Waals surface area contributed by atoms with Gasteiger partial charge in [0.25, 0.3) is 11.5 Å². The van der Waals surface area contributed by atoms with Gasteiger partial charge in [0.2, 0.25) is 0 Å². The lowest BCUT2D eigenvalue weighted by atomic mass is 10.1. The number of aryl methyl sites for hydroxylation is 1. The Hall–Kier alpha value is -2.50. The Balaban J connectivity index is 2.13. The lowest BCUT2D eigenvalue weighted by Gasteiger charge is -2.14. The van der Waals surface area contributed by atoms with E-state index in [1.165, 1.54) is 16.8 Å².